The summed E-state index contributed by atoms with van der Waals surface area (Å²) in [5, 5.41) is 0. The molecule has 0 spiro atoms. The number of aryl methyl sites for hydroxylation is 3. The molecule has 1 N–H and O–H groups in total. The van der Waals surface area contributed by atoms with Crippen LogP contribution < -0.4 is 10.3 Å². The molecule has 6 heteroatoms. The van der Waals surface area contributed by atoms with Crippen molar-refractivity contribution in [2.45, 2.75) is 37.1 Å². The minimum absolute atomic E-state index is 0.00701. The maximum atomic E-state index is 12.5. The van der Waals surface area contributed by atoms with Crippen molar-refractivity contribution >= 4 is 10.0 Å². The molecule has 0 bridgehead atoms. The molecular formula is C17H20N2O3S. The van der Waals surface area contributed by atoms with Gasteiger partial charge in [0.25, 0.3) is 5.56 Å². The van der Waals surface area contributed by atoms with Gasteiger partial charge in [-0.05, 0) is 55.0 Å². The average Bonchev–Trinajstić information content (AvgIpc) is 2.56. The van der Waals surface area contributed by atoms with Crippen molar-refractivity contribution in [1.29, 1.82) is 0 Å². The Morgan fingerprint density at radius 3 is 2.65 bits per heavy atom. The van der Waals surface area contributed by atoms with E-state index in [1.165, 1.54) is 10.1 Å². The van der Waals surface area contributed by atoms with Crippen molar-refractivity contribution in [3.8, 4) is 0 Å². The molecule has 3 rings (SSSR count). The molecule has 1 aliphatic carbocycles. The lowest BCUT2D eigenvalue weighted by Crippen LogP contribution is -2.29. The Labute approximate surface area is 136 Å². The van der Waals surface area contributed by atoms with E-state index < -0.39 is 10.0 Å². The molecule has 0 saturated carbocycles. The van der Waals surface area contributed by atoms with Crippen molar-refractivity contribution in [3.05, 3.63) is 63.6 Å². The number of fused-ring (bicyclic) bond motifs is 1. The number of nitrogens with one attached hydrogen (secondary N) is 1. The fraction of sp³-hybridized carbons (Fsp3) is 0.353. The van der Waals surface area contributed by atoms with Gasteiger partial charge >= 0.3 is 0 Å². The number of hydrogen-bond acceptors (Lipinski definition) is 3. The predicted octanol–water partition coefficient (Wildman–Crippen LogP) is 1.74. The molecule has 122 valence electrons. The van der Waals surface area contributed by atoms with Gasteiger partial charge in [-0.1, -0.05) is 12.1 Å². The van der Waals surface area contributed by atoms with Crippen LogP contribution in [0.1, 0.15) is 29.5 Å². The van der Waals surface area contributed by atoms with E-state index in [0.29, 0.717) is 5.56 Å². The third-order valence-corrected chi connectivity index (χ3v) is 5.68. The molecule has 5 nitrogen and oxygen atoms in total. The second-order valence-corrected chi connectivity index (χ2v) is 7.68. The molecule has 1 aromatic carbocycles. The van der Waals surface area contributed by atoms with Crippen LogP contribution in [0.2, 0.25) is 0 Å². The molecule has 1 aliphatic rings. The summed E-state index contributed by atoms with van der Waals surface area (Å²) in [5.74, 6) is 0. The SMILES string of the molecule is Cn1cccc(CNS(=O)(=O)c2ccc3c(c2)CCCC3)c1=O. The van der Waals surface area contributed by atoms with Crippen LogP contribution in [0.3, 0.4) is 0 Å². The zero-order chi connectivity index (χ0) is 16.4. The van der Waals surface area contributed by atoms with Crippen LogP contribution in [0, 0.1) is 0 Å². The minimum Gasteiger partial charge on any atom is -0.318 e. The van der Waals surface area contributed by atoms with E-state index in [2.05, 4.69) is 4.72 Å². The molecule has 1 aromatic heterocycles. The zero-order valence-electron chi connectivity index (χ0n) is 13.1. The van der Waals surface area contributed by atoms with Crippen molar-refractivity contribution < 1.29 is 8.42 Å². The van der Waals surface area contributed by atoms with Crippen molar-refractivity contribution in [1.82, 2.24) is 9.29 Å². The highest BCUT2D eigenvalue weighted by molar-refractivity contribution is 7.89. The Kier molecular flexibility index (Phi) is 4.37. The highest BCUT2D eigenvalue weighted by Gasteiger charge is 2.18. The number of nitrogens with zero attached hydrogens (tertiary/aromatic N) is 1. The first-order valence-electron chi connectivity index (χ1n) is 7.73. The maximum Gasteiger partial charge on any atom is 0.254 e. The van der Waals surface area contributed by atoms with Crippen molar-refractivity contribution in [3.63, 3.8) is 0 Å². The average molecular weight is 332 g/mol. The summed E-state index contributed by atoms with van der Waals surface area (Å²) < 4.78 is 28.9. The molecule has 0 saturated heterocycles. The number of rotatable bonds is 4. The summed E-state index contributed by atoms with van der Waals surface area (Å²) in [4.78, 5) is 12.2. The lowest BCUT2D eigenvalue weighted by atomic mass is 9.92. The van der Waals surface area contributed by atoms with Crippen LogP contribution in [0.15, 0.2) is 46.2 Å². The standard InChI is InChI=1S/C17H20N2O3S/c1-19-10-4-7-15(17(19)20)12-18-23(21,22)16-9-8-13-5-2-3-6-14(13)11-16/h4,7-11,18H,2-3,5-6,12H2,1H3. The van der Waals surface area contributed by atoms with E-state index in [0.717, 1.165) is 31.2 Å². The fourth-order valence-electron chi connectivity index (χ4n) is 2.92. The third-order valence-electron chi connectivity index (χ3n) is 4.29. The number of aromatic nitrogens is 1. The van der Waals surface area contributed by atoms with Gasteiger partial charge in [-0.25, -0.2) is 13.1 Å². The Morgan fingerprint density at radius 2 is 1.87 bits per heavy atom. The summed E-state index contributed by atoms with van der Waals surface area (Å²) in [6.07, 6.45) is 5.85. The van der Waals surface area contributed by atoms with E-state index in [9.17, 15) is 13.2 Å². The Morgan fingerprint density at radius 1 is 1.13 bits per heavy atom. The smallest absolute Gasteiger partial charge is 0.254 e. The fourth-order valence-corrected chi connectivity index (χ4v) is 3.98. The molecule has 2 aromatic rings. The first kappa shape index (κ1) is 16.0. The molecule has 0 aliphatic heterocycles. The van der Waals surface area contributed by atoms with Gasteiger partial charge in [-0.3, -0.25) is 4.79 Å². The Hall–Kier alpha value is -1.92. The number of pyridine rings is 1. The number of sulfonamides is 1. The van der Waals surface area contributed by atoms with E-state index in [-0.39, 0.29) is 17.0 Å². The largest absolute Gasteiger partial charge is 0.318 e. The van der Waals surface area contributed by atoms with Gasteiger partial charge in [0.15, 0.2) is 0 Å². The summed E-state index contributed by atoms with van der Waals surface area (Å²) >= 11 is 0. The molecule has 0 amide bonds. The van der Waals surface area contributed by atoms with Gasteiger partial charge < -0.3 is 4.57 Å². The van der Waals surface area contributed by atoms with Gasteiger partial charge in [-0.2, -0.15) is 0 Å². The number of hydrogen-bond donors (Lipinski definition) is 1. The van der Waals surface area contributed by atoms with Crippen LogP contribution >= 0.6 is 0 Å². The van der Waals surface area contributed by atoms with E-state index in [1.54, 1.807) is 37.5 Å². The van der Waals surface area contributed by atoms with Gasteiger partial charge in [-0.15, -0.1) is 0 Å². The molecule has 0 fully saturated rings. The Balaban J connectivity index is 1.82. The topological polar surface area (TPSA) is 68.2 Å². The molecular weight excluding hydrogens is 312 g/mol. The monoisotopic (exact) mass is 332 g/mol. The van der Waals surface area contributed by atoms with Crippen LogP contribution in [0.5, 0.6) is 0 Å². The summed E-state index contributed by atoms with van der Waals surface area (Å²) in [6, 6.07) is 8.68. The quantitative estimate of drug-likeness (QED) is 0.927. The lowest BCUT2D eigenvalue weighted by Gasteiger charge is -2.16. The van der Waals surface area contributed by atoms with Crippen LogP contribution in [0.4, 0.5) is 0 Å². The second-order valence-electron chi connectivity index (χ2n) is 5.91. The van der Waals surface area contributed by atoms with Gasteiger partial charge in [0.1, 0.15) is 0 Å². The van der Waals surface area contributed by atoms with Gasteiger partial charge in [0.05, 0.1) is 4.90 Å². The molecule has 1 heterocycles. The van der Waals surface area contributed by atoms with E-state index in [1.807, 2.05) is 6.07 Å². The maximum absolute atomic E-state index is 12.5. The predicted molar refractivity (Wildman–Crippen MR) is 88.8 cm³/mol. The van der Waals surface area contributed by atoms with Crippen LogP contribution in [-0.4, -0.2) is 13.0 Å². The normalized spacial score (nSPS) is 14.5. The minimum atomic E-state index is -3.62. The number of benzene rings is 1. The lowest BCUT2D eigenvalue weighted by molar-refractivity contribution is 0.580. The van der Waals surface area contributed by atoms with Crippen LogP contribution in [-0.2, 0) is 36.5 Å². The van der Waals surface area contributed by atoms with Gasteiger partial charge in [0, 0.05) is 25.4 Å². The highest BCUT2D eigenvalue weighted by atomic mass is 32.2. The summed E-state index contributed by atoms with van der Waals surface area (Å²) in [5.41, 5.74) is 2.60. The molecule has 23 heavy (non-hydrogen) atoms. The summed E-state index contributed by atoms with van der Waals surface area (Å²) in [6.45, 7) is -0.00701. The van der Waals surface area contributed by atoms with Crippen molar-refractivity contribution in [2.24, 2.45) is 7.05 Å². The Bertz CT molecular complexity index is 885. The first-order chi connectivity index (χ1) is 11.0. The molecule has 0 radical (unpaired) electrons. The highest BCUT2D eigenvalue weighted by Crippen LogP contribution is 2.24. The molecule has 0 unspecified atom stereocenters. The summed E-state index contributed by atoms with van der Waals surface area (Å²) in [7, 11) is -1.98. The van der Waals surface area contributed by atoms with Crippen LogP contribution in [0.25, 0.3) is 0 Å². The zero-order valence-corrected chi connectivity index (χ0v) is 13.9. The first-order valence-corrected chi connectivity index (χ1v) is 9.22. The van der Waals surface area contributed by atoms with E-state index >= 15 is 0 Å². The van der Waals surface area contributed by atoms with Gasteiger partial charge in [0.2, 0.25) is 10.0 Å². The second kappa shape index (κ2) is 6.29. The van der Waals surface area contributed by atoms with Crippen molar-refractivity contribution in [2.75, 3.05) is 0 Å². The third kappa shape index (κ3) is 3.38. The van der Waals surface area contributed by atoms with E-state index in [4.69, 9.17) is 0 Å². The molecule has 0 atom stereocenters.